The SMILES string of the molecule is O=C(CN1CCC(Nc2nccc(C(F)(F)F)n2)C1)N1CCN(c2ccccc2)CC1. The molecule has 2 saturated heterocycles. The van der Waals surface area contributed by atoms with Gasteiger partial charge < -0.3 is 15.1 Å². The Morgan fingerprint density at radius 1 is 1.06 bits per heavy atom. The second kappa shape index (κ2) is 9.09. The third-order valence-corrected chi connectivity index (χ3v) is 5.66. The first-order chi connectivity index (χ1) is 14.9. The lowest BCUT2D eigenvalue weighted by Gasteiger charge is -2.36. The van der Waals surface area contributed by atoms with Crippen LogP contribution in [0.5, 0.6) is 0 Å². The Bertz CT molecular complexity index is 886. The number of carbonyl (C=O) groups excluding carboxylic acids is 1. The number of nitrogens with one attached hydrogen (secondary N) is 1. The van der Waals surface area contributed by atoms with Gasteiger partial charge in [-0.3, -0.25) is 9.69 Å². The fourth-order valence-electron chi connectivity index (χ4n) is 4.01. The molecular weight excluding hydrogens is 409 g/mol. The summed E-state index contributed by atoms with van der Waals surface area (Å²) in [6.45, 7) is 4.54. The molecule has 0 bridgehead atoms. The maximum atomic E-state index is 12.8. The summed E-state index contributed by atoms with van der Waals surface area (Å²) >= 11 is 0. The zero-order valence-corrected chi connectivity index (χ0v) is 17.1. The number of likely N-dealkylation sites (tertiary alicyclic amines) is 1. The van der Waals surface area contributed by atoms with E-state index in [1.165, 1.54) is 5.69 Å². The van der Waals surface area contributed by atoms with Crippen molar-refractivity contribution >= 4 is 17.5 Å². The minimum Gasteiger partial charge on any atom is -0.368 e. The molecule has 0 radical (unpaired) electrons. The Labute approximate surface area is 178 Å². The number of benzene rings is 1. The van der Waals surface area contributed by atoms with Crippen LogP contribution in [0, 0.1) is 0 Å². The van der Waals surface area contributed by atoms with Crippen LogP contribution < -0.4 is 10.2 Å². The minimum atomic E-state index is -4.50. The third kappa shape index (κ3) is 5.43. The van der Waals surface area contributed by atoms with Crippen LogP contribution in [0.15, 0.2) is 42.6 Å². The van der Waals surface area contributed by atoms with Gasteiger partial charge in [0, 0.05) is 57.2 Å². The van der Waals surface area contributed by atoms with Crippen LogP contribution in [0.2, 0.25) is 0 Å². The van der Waals surface area contributed by atoms with Gasteiger partial charge in [-0.05, 0) is 24.6 Å². The summed E-state index contributed by atoms with van der Waals surface area (Å²) in [5.41, 5.74) is 0.199. The van der Waals surface area contributed by atoms with E-state index < -0.39 is 11.9 Å². The van der Waals surface area contributed by atoms with E-state index >= 15 is 0 Å². The molecule has 2 aliphatic heterocycles. The second-order valence-electron chi connectivity index (χ2n) is 7.83. The Hall–Kier alpha value is -2.88. The van der Waals surface area contributed by atoms with Crippen molar-refractivity contribution in [1.29, 1.82) is 0 Å². The zero-order chi connectivity index (χ0) is 21.8. The van der Waals surface area contributed by atoms with Crippen LogP contribution in [0.25, 0.3) is 0 Å². The maximum absolute atomic E-state index is 12.8. The van der Waals surface area contributed by atoms with Crippen molar-refractivity contribution < 1.29 is 18.0 Å². The molecule has 1 aromatic heterocycles. The molecule has 2 aromatic rings. The molecule has 10 heteroatoms. The molecular formula is C21H25F3N6O. The molecule has 0 spiro atoms. The molecule has 1 aromatic carbocycles. The first-order valence-corrected chi connectivity index (χ1v) is 10.4. The fraction of sp³-hybridized carbons (Fsp3) is 0.476. The molecule has 4 rings (SSSR count). The molecule has 0 aliphatic carbocycles. The van der Waals surface area contributed by atoms with E-state index in [2.05, 4.69) is 32.3 Å². The van der Waals surface area contributed by atoms with Gasteiger partial charge in [-0.2, -0.15) is 13.2 Å². The molecule has 3 heterocycles. The largest absolute Gasteiger partial charge is 0.433 e. The van der Waals surface area contributed by atoms with E-state index in [-0.39, 0.29) is 17.9 Å². The molecule has 2 aliphatic rings. The summed E-state index contributed by atoms with van der Waals surface area (Å²) in [5.74, 6) is 0.0497. The first kappa shape index (κ1) is 21.4. The van der Waals surface area contributed by atoms with Crippen LogP contribution >= 0.6 is 0 Å². The predicted molar refractivity (Wildman–Crippen MR) is 111 cm³/mol. The monoisotopic (exact) mass is 434 g/mol. The van der Waals surface area contributed by atoms with Gasteiger partial charge in [0.25, 0.3) is 0 Å². The van der Waals surface area contributed by atoms with Gasteiger partial charge in [-0.15, -0.1) is 0 Å². The van der Waals surface area contributed by atoms with Crippen molar-refractivity contribution in [3.8, 4) is 0 Å². The molecule has 1 unspecified atom stereocenters. The minimum absolute atomic E-state index is 0.0370. The first-order valence-electron chi connectivity index (χ1n) is 10.4. The normalized spacial score (nSPS) is 20.2. The third-order valence-electron chi connectivity index (χ3n) is 5.66. The Kier molecular flexibility index (Phi) is 6.26. The number of carbonyl (C=O) groups is 1. The van der Waals surface area contributed by atoms with Crippen molar-refractivity contribution in [1.82, 2.24) is 19.8 Å². The standard InChI is InChI=1S/C21H25F3N6O/c22-21(23,24)18-6-8-25-20(27-18)26-16-7-9-28(14-16)15-19(31)30-12-10-29(11-13-30)17-4-2-1-3-5-17/h1-6,8,16H,7,9-15H2,(H,25,26,27). The van der Waals surface area contributed by atoms with Crippen LogP contribution in [0.3, 0.4) is 0 Å². The maximum Gasteiger partial charge on any atom is 0.433 e. The van der Waals surface area contributed by atoms with E-state index in [9.17, 15) is 18.0 Å². The molecule has 1 amide bonds. The second-order valence-corrected chi connectivity index (χ2v) is 7.83. The van der Waals surface area contributed by atoms with Crippen LogP contribution in [0.4, 0.5) is 24.8 Å². The molecule has 2 fully saturated rings. The summed E-state index contributed by atoms with van der Waals surface area (Å²) in [5, 5.41) is 2.96. The summed E-state index contributed by atoms with van der Waals surface area (Å²) in [7, 11) is 0. The van der Waals surface area contributed by atoms with E-state index in [4.69, 9.17) is 0 Å². The summed E-state index contributed by atoms with van der Waals surface area (Å²) in [4.78, 5) is 26.3. The van der Waals surface area contributed by atoms with Gasteiger partial charge in [0.15, 0.2) is 0 Å². The highest BCUT2D eigenvalue weighted by atomic mass is 19.4. The van der Waals surface area contributed by atoms with Gasteiger partial charge >= 0.3 is 6.18 Å². The van der Waals surface area contributed by atoms with Crippen molar-refractivity contribution in [2.75, 3.05) is 56.0 Å². The average Bonchev–Trinajstić information content (AvgIpc) is 3.20. The number of anilines is 2. The molecule has 166 valence electrons. The fourth-order valence-corrected chi connectivity index (χ4v) is 4.01. The van der Waals surface area contributed by atoms with Gasteiger partial charge in [0.2, 0.25) is 11.9 Å². The quantitative estimate of drug-likeness (QED) is 0.780. The van der Waals surface area contributed by atoms with Crippen LogP contribution in [-0.4, -0.2) is 77.5 Å². The number of hydrogen-bond acceptors (Lipinski definition) is 6. The van der Waals surface area contributed by atoms with Crippen molar-refractivity contribution in [3.05, 3.63) is 48.3 Å². The number of para-hydroxylation sites is 1. The topological polar surface area (TPSA) is 64.6 Å². The van der Waals surface area contributed by atoms with E-state index in [1.54, 1.807) is 0 Å². The van der Waals surface area contributed by atoms with Crippen molar-refractivity contribution in [3.63, 3.8) is 0 Å². The number of halogens is 3. The van der Waals surface area contributed by atoms with Crippen LogP contribution in [-0.2, 0) is 11.0 Å². The smallest absolute Gasteiger partial charge is 0.368 e. The summed E-state index contributed by atoms with van der Waals surface area (Å²) in [6, 6.07) is 10.9. The highest BCUT2D eigenvalue weighted by molar-refractivity contribution is 5.78. The molecule has 1 N–H and O–H groups in total. The molecule has 7 nitrogen and oxygen atoms in total. The van der Waals surface area contributed by atoms with Crippen molar-refractivity contribution in [2.24, 2.45) is 0 Å². The average molecular weight is 434 g/mol. The number of piperazine rings is 1. The van der Waals surface area contributed by atoms with Crippen molar-refractivity contribution in [2.45, 2.75) is 18.6 Å². The lowest BCUT2D eigenvalue weighted by atomic mass is 10.2. The predicted octanol–water partition coefficient (Wildman–Crippen LogP) is 2.33. The zero-order valence-electron chi connectivity index (χ0n) is 17.1. The van der Waals surface area contributed by atoms with E-state index in [1.807, 2.05) is 28.0 Å². The van der Waals surface area contributed by atoms with E-state index in [0.717, 1.165) is 25.4 Å². The number of nitrogens with zero attached hydrogens (tertiary/aromatic N) is 5. The summed E-state index contributed by atoms with van der Waals surface area (Å²) < 4.78 is 38.4. The summed E-state index contributed by atoms with van der Waals surface area (Å²) in [6.07, 6.45) is -2.68. The number of hydrogen-bond donors (Lipinski definition) is 1. The van der Waals surface area contributed by atoms with Gasteiger partial charge in [0.1, 0.15) is 5.69 Å². The molecule has 1 atom stereocenters. The Morgan fingerprint density at radius 3 is 2.52 bits per heavy atom. The highest BCUT2D eigenvalue weighted by Crippen LogP contribution is 2.27. The lowest BCUT2D eigenvalue weighted by molar-refractivity contribution is -0.141. The lowest BCUT2D eigenvalue weighted by Crippen LogP contribution is -2.51. The number of aromatic nitrogens is 2. The van der Waals surface area contributed by atoms with Gasteiger partial charge in [-0.25, -0.2) is 9.97 Å². The number of amides is 1. The Balaban J connectivity index is 1.24. The van der Waals surface area contributed by atoms with Gasteiger partial charge in [-0.1, -0.05) is 18.2 Å². The highest BCUT2D eigenvalue weighted by Gasteiger charge is 2.33. The van der Waals surface area contributed by atoms with E-state index in [0.29, 0.717) is 39.1 Å². The molecule has 0 saturated carbocycles. The number of rotatable bonds is 5. The van der Waals surface area contributed by atoms with Crippen LogP contribution in [0.1, 0.15) is 12.1 Å². The molecule has 31 heavy (non-hydrogen) atoms. The number of alkyl halides is 3. The van der Waals surface area contributed by atoms with Gasteiger partial charge in [0.05, 0.1) is 6.54 Å². The Morgan fingerprint density at radius 2 is 1.81 bits per heavy atom.